The van der Waals surface area contributed by atoms with Crippen LogP contribution in [0.3, 0.4) is 0 Å². The van der Waals surface area contributed by atoms with Crippen LogP contribution in [0.1, 0.15) is 25.8 Å². The second-order valence-electron chi connectivity index (χ2n) is 4.85. The van der Waals surface area contributed by atoms with Gasteiger partial charge in [-0.3, -0.25) is 0 Å². The van der Waals surface area contributed by atoms with Crippen molar-refractivity contribution in [2.45, 2.75) is 32.9 Å². The summed E-state index contributed by atoms with van der Waals surface area (Å²) in [6, 6.07) is 6.04. The molecule has 2 N–H and O–H groups in total. The minimum absolute atomic E-state index is 0.142. The molecule has 0 aliphatic rings. The van der Waals surface area contributed by atoms with Crippen LogP contribution in [0.25, 0.3) is 0 Å². The van der Waals surface area contributed by atoms with Gasteiger partial charge in [0.05, 0.1) is 13.7 Å². The van der Waals surface area contributed by atoms with Crippen LogP contribution in [0, 0.1) is 5.92 Å². The maximum absolute atomic E-state index is 9.32. The Bertz CT molecular complexity index is 369. The SMILES string of the molecule is COc1ccc(Br)c(CNC(CO)CC(C)C)c1. The molecule has 0 aliphatic carbocycles. The Hall–Kier alpha value is -0.580. The van der Waals surface area contributed by atoms with E-state index in [0.29, 0.717) is 5.92 Å². The Labute approximate surface area is 118 Å². The highest BCUT2D eigenvalue weighted by Gasteiger charge is 2.10. The zero-order valence-electron chi connectivity index (χ0n) is 11.2. The fourth-order valence-electron chi connectivity index (χ4n) is 1.86. The van der Waals surface area contributed by atoms with Crippen molar-refractivity contribution in [3.63, 3.8) is 0 Å². The maximum Gasteiger partial charge on any atom is 0.119 e. The fourth-order valence-corrected chi connectivity index (χ4v) is 2.25. The van der Waals surface area contributed by atoms with E-state index in [-0.39, 0.29) is 12.6 Å². The van der Waals surface area contributed by atoms with Gasteiger partial charge in [-0.2, -0.15) is 0 Å². The van der Waals surface area contributed by atoms with Crippen molar-refractivity contribution < 1.29 is 9.84 Å². The molecule has 1 unspecified atom stereocenters. The number of halogens is 1. The van der Waals surface area contributed by atoms with Gasteiger partial charge in [0.2, 0.25) is 0 Å². The molecule has 0 heterocycles. The summed E-state index contributed by atoms with van der Waals surface area (Å²) in [5, 5.41) is 12.7. The van der Waals surface area contributed by atoms with E-state index >= 15 is 0 Å². The zero-order valence-corrected chi connectivity index (χ0v) is 12.8. The molecule has 18 heavy (non-hydrogen) atoms. The Morgan fingerprint density at radius 1 is 1.39 bits per heavy atom. The molecule has 102 valence electrons. The Morgan fingerprint density at radius 3 is 2.67 bits per heavy atom. The first-order chi connectivity index (χ1) is 8.56. The van der Waals surface area contributed by atoms with Gasteiger partial charge in [-0.05, 0) is 36.1 Å². The van der Waals surface area contributed by atoms with Crippen molar-refractivity contribution in [1.29, 1.82) is 0 Å². The highest BCUT2D eigenvalue weighted by molar-refractivity contribution is 9.10. The van der Waals surface area contributed by atoms with E-state index in [9.17, 15) is 5.11 Å². The Kier molecular flexibility index (Phi) is 6.68. The van der Waals surface area contributed by atoms with Crippen LogP contribution in [-0.4, -0.2) is 24.9 Å². The maximum atomic E-state index is 9.32. The van der Waals surface area contributed by atoms with Crippen LogP contribution in [0.2, 0.25) is 0 Å². The first kappa shape index (κ1) is 15.5. The quantitative estimate of drug-likeness (QED) is 0.813. The molecule has 0 saturated heterocycles. The lowest BCUT2D eigenvalue weighted by molar-refractivity contribution is 0.223. The van der Waals surface area contributed by atoms with Crippen molar-refractivity contribution in [2.24, 2.45) is 5.92 Å². The van der Waals surface area contributed by atoms with E-state index in [1.165, 1.54) is 0 Å². The molecule has 0 saturated carbocycles. The summed E-state index contributed by atoms with van der Waals surface area (Å²) in [5.41, 5.74) is 1.14. The largest absolute Gasteiger partial charge is 0.497 e. The Morgan fingerprint density at radius 2 is 2.11 bits per heavy atom. The van der Waals surface area contributed by atoms with Crippen LogP contribution in [-0.2, 0) is 6.54 Å². The van der Waals surface area contributed by atoms with Crippen molar-refractivity contribution in [1.82, 2.24) is 5.32 Å². The van der Waals surface area contributed by atoms with Gasteiger partial charge < -0.3 is 15.2 Å². The summed E-state index contributed by atoms with van der Waals surface area (Å²) in [5.74, 6) is 1.42. The smallest absolute Gasteiger partial charge is 0.119 e. The second-order valence-corrected chi connectivity index (χ2v) is 5.70. The van der Waals surface area contributed by atoms with Crippen LogP contribution < -0.4 is 10.1 Å². The summed E-state index contributed by atoms with van der Waals surface area (Å²) in [6.07, 6.45) is 0.970. The Balaban J connectivity index is 2.61. The van der Waals surface area contributed by atoms with Crippen molar-refractivity contribution >= 4 is 15.9 Å². The van der Waals surface area contributed by atoms with E-state index in [1.54, 1.807) is 7.11 Å². The first-order valence-corrected chi connectivity index (χ1v) is 7.02. The molecule has 0 spiro atoms. The standard InChI is InChI=1S/C14H22BrNO2/c1-10(2)6-12(9-17)16-8-11-7-13(18-3)4-5-14(11)15/h4-5,7,10,12,16-17H,6,8-9H2,1-3H3. The van der Waals surface area contributed by atoms with Crippen LogP contribution in [0.4, 0.5) is 0 Å². The normalized spacial score (nSPS) is 12.8. The third-order valence-electron chi connectivity index (χ3n) is 2.81. The highest BCUT2D eigenvalue weighted by atomic mass is 79.9. The number of hydrogen-bond donors (Lipinski definition) is 2. The first-order valence-electron chi connectivity index (χ1n) is 6.23. The molecule has 0 fully saturated rings. The van der Waals surface area contributed by atoms with Crippen molar-refractivity contribution in [3.05, 3.63) is 28.2 Å². The number of aliphatic hydroxyl groups is 1. The number of hydrogen-bond acceptors (Lipinski definition) is 3. The average molecular weight is 316 g/mol. The summed E-state index contributed by atoms with van der Waals surface area (Å²) < 4.78 is 6.26. The topological polar surface area (TPSA) is 41.5 Å². The number of rotatable bonds is 7. The number of benzene rings is 1. The summed E-state index contributed by atoms with van der Waals surface area (Å²) in [7, 11) is 1.66. The van der Waals surface area contributed by atoms with Crippen molar-refractivity contribution in [3.8, 4) is 5.75 Å². The molecule has 4 heteroatoms. The lowest BCUT2D eigenvalue weighted by Crippen LogP contribution is -2.33. The van der Waals surface area contributed by atoms with Gasteiger partial charge in [-0.15, -0.1) is 0 Å². The molecular weight excluding hydrogens is 294 g/mol. The minimum Gasteiger partial charge on any atom is -0.497 e. The van der Waals surface area contributed by atoms with E-state index in [0.717, 1.165) is 28.8 Å². The zero-order chi connectivity index (χ0) is 13.5. The number of ether oxygens (including phenoxy) is 1. The molecule has 1 rings (SSSR count). The van der Waals surface area contributed by atoms with E-state index < -0.39 is 0 Å². The molecule has 0 amide bonds. The van der Waals surface area contributed by atoms with Gasteiger partial charge >= 0.3 is 0 Å². The third kappa shape index (κ3) is 4.96. The molecule has 0 aliphatic heterocycles. The molecular formula is C14H22BrNO2. The summed E-state index contributed by atoms with van der Waals surface area (Å²) in [4.78, 5) is 0. The molecule has 0 radical (unpaired) electrons. The fraction of sp³-hybridized carbons (Fsp3) is 0.571. The van der Waals surface area contributed by atoms with E-state index in [1.807, 2.05) is 18.2 Å². The number of nitrogens with one attached hydrogen (secondary N) is 1. The predicted molar refractivity (Wildman–Crippen MR) is 77.9 cm³/mol. The van der Waals surface area contributed by atoms with E-state index in [2.05, 4.69) is 35.1 Å². The lowest BCUT2D eigenvalue weighted by Gasteiger charge is -2.19. The van der Waals surface area contributed by atoms with Crippen LogP contribution in [0.15, 0.2) is 22.7 Å². The number of methoxy groups -OCH3 is 1. The summed E-state index contributed by atoms with van der Waals surface area (Å²) in [6.45, 7) is 5.20. The van der Waals surface area contributed by atoms with Gasteiger partial charge in [0.1, 0.15) is 5.75 Å². The number of aliphatic hydroxyl groups excluding tert-OH is 1. The van der Waals surface area contributed by atoms with Gasteiger partial charge in [0.25, 0.3) is 0 Å². The molecule has 1 aromatic rings. The molecule has 0 aromatic heterocycles. The third-order valence-corrected chi connectivity index (χ3v) is 3.58. The molecule has 1 atom stereocenters. The van der Waals surface area contributed by atoms with Gasteiger partial charge in [-0.1, -0.05) is 29.8 Å². The average Bonchev–Trinajstić information content (AvgIpc) is 2.35. The second kappa shape index (κ2) is 7.77. The lowest BCUT2D eigenvalue weighted by atomic mass is 10.0. The summed E-state index contributed by atoms with van der Waals surface area (Å²) >= 11 is 3.52. The molecule has 1 aromatic carbocycles. The molecule has 3 nitrogen and oxygen atoms in total. The van der Waals surface area contributed by atoms with Crippen LogP contribution >= 0.6 is 15.9 Å². The highest BCUT2D eigenvalue weighted by Crippen LogP contribution is 2.22. The van der Waals surface area contributed by atoms with Gasteiger partial charge in [-0.25, -0.2) is 0 Å². The van der Waals surface area contributed by atoms with Gasteiger partial charge in [0, 0.05) is 17.1 Å². The predicted octanol–water partition coefficient (Wildman–Crippen LogP) is 2.95. The monoisotopic (exact) mass is 315 g/mol. The molecule has 0 bridgehead atoms. The van der Waals surface area contributed by atoms with Gasteiger partial charge in [0.15, 0.2) is 0 Å². The van der Waals surface area contributed by atoms with E-state index in [4.69, 9.17) is 4.74 Å². The van der Waals surface area contributed by atoms with Crippen molar-refractivity contribution in [2.75, 3.05) is 13.7 Å². The minimum atomic E-state index is 0.142. The van der Waals surface area contributed by atoms with Crippen LogP contribution in [0.5, 0.6) is 5.75 Å².